The van der Waals surface area contributed by atoms with E-state index in [4.69, 9.17) is 0 Å². The summed E-state index contributed by atoms with van der Waals surface area (Å²) in [7, 11) is 0. The Balaban J connectivity index is 1.86. The molecule has 3 aromatic rings. The molecular weight excluding hydrogens is 308 g/mol. The highest BCUT2D eigenvalue weighted by Gasteiger charge is 2.34. The van der Waals surface area contributed by atoms with Gasteiger partial charge in [0.2, 0.25) is 10.8 Å². The molecule has 120 valence electrons. The van der Waals surface area contributed by atoms with Crippen molar-refractivity contribution in [3.63, 3.8) is 0 Å². The summed E-state index contributed by atoms with van der Waals surface area (Å²) in [5.41, 5.74) is 2.51. The van der Waals surface area contributed by atoms with Crippen molar-refractivity contribution >= 4 is 16.3 Å². The molecule has 0 saturated carbocycles. The number of aryl methyl sites for hydroxylation is 2. The molecule has 23 heavy (non-hydrogen) atoms. The third kappa shape index (κ3) is 2.52. The molecule has 0 aliphatic carbocycles. The lowest BCUT2D eigenvalue weighted by atomic mass is 10.0. The first-order chi connectivity index (χ1) is 11.1. The largest absolute Gasteiger partial charge is 0.492 e. The number of aromatic nitrogens is 3. The van der Waals surface area contributed by atoms with Gasteiger partial charge in [-0.25, -0.2) is 4.98 Å². The predicted molar refractivity (Wildman–Crippen MR) is 90.2 cm³/mol. The number of quaternary nitrogens is 1. The van der Waals surface area contributed by atoms with Crippen LogP contribution in [0.5, 0.6) is 5.88 Å². The molecule has 1 atom stereocenters. The number of fused-ring (bicyclic) bond motifs is 1. The van der Waals surface area contributed by atoms with Crippen LogP contribution in [0.3, 0.4) is 0 Å². The Labute approximate surface area is 139 Å². The first-order valence-corrected chi connectivity index (χ1v) is 8.91. The van der Waals surface area contributed by atoms with Crippen LogP contribution in [0.4, 0.5) is 0 Å². The standard InChI is InChI=1S/C17H20N4OS/c1-11-6-5-7-13(10-11)14(20-8-3-4-9-20)15-16(22)21-17(23-15)18-12(2)19-21/h5-7,10,14,22H,3-4,8-9H2,1-2H3/p+1/t14-/m0/s1. The second-order valence-corrected chi connectivity index (χ2v) is 7.36. The molecule has 0 amide bonds. The lowest BCUT2D eigenvalue weighted by Gasteiger charge is -2.24. The van der Waals surface area contributed by atoms with E-state index in [1.54, 1.807) is 15.9 Å². The molecule has 4 rings (SSSR count). The van der Waals surface area contributed by atoms with E-state index in [2.05, 4.69) is 41.3 Å². The summed E-state index contributed by atoms with van der Waals surface area (Å²) in [6, 6.07) is 8.78. The van der Waals surface area contributed by atoms with Gasteiger partial charge in [-0.05, 0) is 19.9 Å². The van der Waals surface area contributed by atoms with Crippen molar-refractivity contribution in [3.8, 4) is 5.88 Å². The molecule has 3 heterocycles. The zero-order valence-electron chi connectivity index (χ0n) is 13.4. The van der Waals surface area contributed by atoms with Crippen LogP contribution in [0.1, 0.15) is 40.7 Å². The summed E-state index contributed by atoms with van der Waals surface area (Å²) >= 11 is 1.56. The highest BCUT2D eigenvalue weighted by molar-refractivity contribution is 7.17. The van der Waals surface area contributed by atoms with Crippen molar-refractivity contribution in [1.82, 2.24) is 14.6 Å². The summed E-state index contributed by atoms with van der Waals surface area (Å²) in [6.45, 7) is 6.25. The number of rotatable bonds is 3. The van der Waals surface area contributed by atoms with Gasteiger partial charge in [-0.1, -0.05) is 35.1 Å². The fourth-order valence-corrected chi connectivity index (χ4v) is 4.76. The number of aromatic hydroxyl groups is 1. The van der Waals surface area contributed by atoms with Crippen LogP contribution in [-0.4, -0.2) is 32.8 Å². The van der Waals surface area contributed by atoms with Gasteiger partial charge in [0.25, 0.3) is 0 Å². The van der Waals surface area contributed by atoms with Crippen LogP contribution < -0.4 is 4.90 Å². The van der Waals surface area contributed by atoms with Crippen molar-refractivity contribution in [2.75, 3.05) is 13.1 Å². The SMILES string of the molecule is Cc1cccc([C@@H](c2sc3nc(C)nn3c2O)[NH+]2CCCC2)c1. The Morgan fingerprint density at radius 2 is 2.04 bits per heavy atom. The van der Waals surface area contributed by atoms with Gasteiger partial charge in [0.1, 0.15) is 10.7 Å². The van der Waals surface area contributed by atoms with Gasteiger partial charge in [0.15, 0.2) is 6.04 Å². The Morgan fingerprint density at radius 3 is 2.74 bits per heavy atom. The van der Waals surface area contributed by atoms with Gasteiger partial charge in [0.05, 0.1) is 13.1 Å². The molecular formula is C17H21N4OS+. The first-order valence-electron chi connectivity index (χ1n) is 8.09. The van der Waals surface area contributed by atoms with E-state index in [1.807, 2.05) is 6.92 Å². The van der Waals surface area contributed by atoms with Gasteiger partial charge < -0.3 is 10.0 Å². The summed E-state index contributed by atoms with van der Waals surface area (Å²) in [6.07, 6.45) is 2.50. The van der Waals surface area contributed by atoms with Crippen LogP contribution in [0.25, 0.3) is 4.96 Å². The van der Waals surface area contributed by atoms with Gasteiger partial charge >= 0.3 is 0 Å². The topological polar surface area (TPSA) is 54.9 Å². The number of likely N-dealkylation sites (tertiary alicyclic amines) is 1. The van der Waals surface area contributed by atoms with Crippen molar-refractivity contribution in [3.05, 3.63) is 46.1 Å². The molecule has 0 radical (unpaired) electrons. The van der Waals surface area contributed by atoms with E-state index in [9.17, 15) is 5.11 Å². The molecule has 2 N–H and O–H groups in total. The van der Waals surface area contributed by atoms with Gasteiger partial charge in [-0.15, -0.1) is 5.10 Å². The van der Waals surface area contributed by atoms with Gasteiger partial charge in [0, 0.05) is 18.4 Å². The van der Waals surface area contributed by atoms with Crippen LogP contribution in [0.2, 0.25) is 0 Å². The van der Waals surface area contributed by atoms with Crippen molar-refractivity contribution in [1.29, 1.82) is 0 Å². The van der Waals surface area contributed by atoms with Crippen LogP contribution in [0.15, 0.2) is 24.3 Å². The smallest absolute Gasteiger partial charge is 0.235 e. The highest BCUT2D eigenvalue weighted by Crippen LogP contribution is 2.35. The second kappa shape index (κ2) is 5.62. The van der Waals surface area contributed by atoms with Gasteiger partial charge in [-0.3, -0.25) is 0 Å². The van der Waals surface area contributed by atoms with Crippen molar-refractivity contribution < 1.29 is 10.0 Å². The number of benzene rings is 1. The van der Waals surface area contributed by atoms with Crippen LogP contribution in [-0.2, 0) is 0 Å². The molecule has 6 heteroatoms. The third-order valence-electron chi connectivity index (χ3n) is 4.60. The quantitative estimate of drug-likeness (QED) is 0.771. The van der Waals surface area contributed by atoms with Gasteiger partial charge in [-0.2, -0.15) is 4.52 Å². The summed E-state index contributed by atoms with van der Waals surface area (Å²) in [5, 5.41) is 15.0. The Bertz CT molecular complexity index is 848. The number of nitrogens with zero attached hydrogens (tertiary/aromatic N) is 3. The van der Waals surface area contributed by atoms with E-state index >= 15 is 0 Å². The molecule has 1 aliphatic heterocycles. The Hall–Kier alpha value is -1.92. The fraction of sp³-hybridized carbons (Fsp3) is 0.412. The molecule has 1 aromatic carbocycles. The molecule has 2 aromatic heterocycles. The monoisotopic (exact) mass is 329 g/mol. The second-order valence-electron chi connectivity index (χ2n) is 6.36. The summed E-state index contributed by atoms with van der Waals surface area (Å²) < 4.78 is 1.58. The Kier molecular flexibility index (Phi) is 3.58. The van der Waals surface area contributed by atoms with E-state index in [0.717, 1.165) is 22.9 Å². The van der Waals surface area contributed by atoms with Crippen molar-refractivity contribution in [2.24, 2.45) is 0 Å². The average molecular weight is 329 g/mol. The normalized spacial score (nSPS) is 17.1. The molecule has 5 nitrogen and oxygen atoms in total. The lowest BCUT2D eigenvalue weighted by molar-refractivity contribution is -0.913. The Morgan fingerprint density at radius 1 is 1.26 bits per heavy atom. The van der Waals surface area contributed by atoms with Crippen LogP contribution >= 0.6 is 11.3 Å². The molecule has 1 saturated heterocycles. The van der Waals surface area contributed by atoms with Crippen molar-refractivity contribution in [2.45, 2.75) is 32.7 Å². The molecule has 0 bridgehead atoms. The van der Waals surface area contributed by atoms with E-state index in [0.29, 0.717) is 5.82 Å². The number of hydrogen-bond donors (Lipinski definition) is 2. The lowest BCUT2D eigenvalue weighted by Crippen LogP contribution is -3.10. The predicted octanol–water partition coefficient (Wildman–Crippen LogP) is 1.88. The fourth-order valence-electron chi connectivity index (χ4n) is 3.58. The number of nitrogens with one attached hydrogen (secondary N) is 1. The number of thiazole rings is 1. The molecule has 0 spiro atoms. The molecule has 1 fully saturated rings. The number of hydrogen-bond acceptors (Lipinski definition) is 4. The maximum atomic E-state index is 10.7. The van der Waals surface area contributed by atoms with Crippen LogP contribution in [0, 0.1) is 13.8 Å². The zero-order valence-corrected chi connectivity index (χ0v) is 14.2. The first kappa shape index (κ1) is 14.7. The minimum Gasteiger partial charge on any atom is -0.492 e. The maximum absolute atomic E-state index is 10.7. The third-order valence-corrected chi connectivity index (χ3v) is 5.68. The maximum Gasteiger partial charge on any atom is 0.235 e. The summed E-state index contributed by atoms with van der Waals surface area (Å²) in [4.78, 5) is 7.68. The molecule has 0 unspecified atom stereocenters. The minimum absolute atomic E-state index is 0.159. The van der Waals surface area contributed by atoms with E-state index < -0.39 is 0 Å². The summed E-state index contributed by atoms with van der Waals surface area (Å²) in [5.74, 6) is 0.940. The minimum atomic E-state index is 0.159. The average Bonchev–Trinajstić information content (AvgIpc) is 3.21. The van der Waals surface area contributed by atoms with E-state index in [1.165, 1.54) is 28.9 Å². The zero-order chi connectivity index (χ0) is 16.0. The van der Waals surface area contributed by atoms with E-state index in [-0.39, 0.29) is 11.9 Å². The highest BCUT2D eigenvalue weighted by atomic mass is 32.1. The molecule has 1 aliphatic rings.